The number of nitrogens with zero attached hydrogens (tertiary/aromatic N) is 2. The zero-order valence-corrected chi connectivity index (χ0v) is 15.2. The van der Waals surface area contributed by atoms with E-state index in [9.17, 15) is 9.59 Å². The van der Waals surface area contributed by atoms with Crippen molar-refractivity contribution in [1.29, 1.82) is 0 Å². The Balaban J connectivity index is 1.40. The van der Waals surface area contributed by atoms with Crippen molar-refractivity contribution in [3.8, 4) is 17.2 Å². The van der Waals surface area contributed by atoms with Crippen LogP contribution in [0.2, 0.25) is 5.02 Å². The van der Waals surface area contributed by atoms with Crippen LogP contribution in [0.25, 0.3) is 5.69 Å². The van der Waals surface area contributed by atoms with Gasteiger partial charge in [-0.1, -0.05) is 29.8 Å². The van der Waals surface area contributed by atoms with Crippen molar-refractivity contribution in [2.45, 2.75) is 0 Å². The second-order valence-corrected chi connectivity index (χ2v) is 6.20. The minimum atomic E-state index is -0.673. The number of fused-ring (bicyclic) bond motifs is 1. The van der Waals surface area contributed by atoms with Crippen LogP contribution in [0.1, 0.15) is 10.5 Å². The van der Waals surface area contributed by atoms with Crippen LogP contribution >= 0.6 is 11.6 Å². The van der Waals surface area contributed by atoms with Gasteiger partial charge in [-0.25, -0.2) is 9.78 Å². The molecule has 28 heavy (non-hydrogen) atoms. The molecule has 1 N–H and O–H groups in total. The molecule has 1 amide bonds. The lowest BCUT2D eigenvalue weighted by Gasteiger charge is -2.10. The van der Waals surface area contributed by atoms with E-state index in [1.165, 1.54) is 12.5 Å². The average Bonchev–Trinajstić information content (AvgIpc) is 3.36. The van der Waals surface area contributed by atoms with Gasteiger partial charge in [0.25, 0.3) is 5.91 Å². The number of hydrogen-bond acceptors (Lipinski definition) is 6. The van der Waals surface area contributed by atoms with Crippen molar-refractivity contribution >= 4 is 29.2 Å². The highest BCUT2D eigenvalue weighted by molar-refractivity contribution is 6.34. The summed E-state index contributed by atoms with van der Waals surface area (Å²) in [5.41, 5.74) is 1.30. The van der Waals surface area contributed by atoms with Crippen LogP contribution in [-0.4, -0.2) is 34.8 Å². The highest BCUT2D eigenvalue weighted by Crippen LogP contribution is 2.39. The van der Waals surface area contributed by atoms with Crippen LogP contribution in [0, 0.1) is 0 Å². The number of nitrogens with one attached hydrogen (secondary N) is 1. The van der Waals surface area contributed by atoms with E-state index >= 15 is 0 Å². The molecule has 0 unspecified atom stereocenters. The van der Waals surface area contributed by atoms with E-state index < -0.39 is 18.5 Å². The number of hydrogen-bond donors (Lipinski definition) is 1. The van der Waals surface area contributed by atoms with Gasteiger partial charge in [-0.05, 0) is 12.1 Å². The molecule has 1 aliphatic rings. The second kappa shape index (κ2) is 7.61. The minimum absolute atomic E-state index is 0.0930. The first kappa shape index (κ1) is 17.9. The summed E-state index contributed by atoms with van der Waals surface area (Å²) in [6.45, 7) is -0.390. The molecule has 1 aliphatic heterocycles. The Hall–Kier alpha value is -3.52. The summed E-state index contributed by atoms with van der Waals surface area (Å²) in [7, 11) is 0. The molecule has 0 spiro atoms. The van der Waals surface area contributed by atoms with Crippen LogP contribution < -0.4 is 14.8 Å². The van der Waals surface area contributed by atoms with Crippen molar-refractivity contribution in [3.63, 3.8) is 0 Å². The highest BCUT2D eigenvalue weighted by Gasteiger charge is 2.19. The molecule has 0 fully saturated rings. The standard InChI is InChI=1S/C19H14ClN3O5/c20-13-6-16-17(28-11-27-16)7-14(13)22-18(24)9-26-19(25)15-8-21-10-23(15)12-4-2-1-3-5-12/h1-8,10H,9,11H2,(H,22,24). The molecular weight excluding hydrogens is 386 g/mol. The van der Waals surface area contributed by atoms with Crippen LogP contribution in [0.15, 0.2) is 55.0 Å². The Morgan fingerprint density at radius 3 is 2.71 bits per heavy atom. The Kier molecular flexibility index (Phi) is 4.86. The van der Waals surface area contributed by atoms with Gasteiger partial charge in [-0.3, -0.25) is 9.36 Å². The third-order valence-corrected chi connectivity index (χ3v) is 4.27. The maximum atomic E-state index is 12.4. The molecule has 8 nitrogen and oxygen atoms in total. The fourth-order valence-electron chi connectivity index (χ4n) is 2.64. The van der Waals surface area contributed by atoms with Crippen LogP contribution in [0.4, 0.5) is 5.69 Å². The first-order valence-corrected chi connectivity index (χ1v) is 8.63. The predicted molar refractivity (Wildman–Crippen MR) is 100 cm³/mol. The molecule has 0 bridgehead atoms. The maximum Gasteiger partial charge on any atom is 0.357 e. The number of anilines is 1. The number of amides is 1. The van der Waals surface area contributed by atoms with Gasteiger partial charge in [0.05, 0.1) is 23.2 Å². The van der Waals surface area contributed by atoms with Gasteiger partial charge in [0.2, 0.25) is 6.79 Å². The quantitative estimate of drug-likeness (QED) is 0.663. The van der Waals surface area contributed by atoms with E-state index in [0.717, 1.165) is 5.69 Å². The lowest BCUT2D eigenvalue weighted by atomic mass is 10.2. The van der Waals surface area contributed by atoms with Gasteiger partial charge < -0.3 is 19.5 Å². The Morgan fingerprint density at radius 1 is 1.18 bits per heavy atom. The topological polar surface area (TPSA) is 91.7 Å². The van der Waals surface area contributed by atoms with E-state index in [4.69, 9.17) is 25.8 Å². The SMILES string of the molecule is O=C(COC(=O)c1cncn1-c1ccccc1)Nc1cc2c(cc1Cl)OCO2. The van der Waals surface area contributed by atoms with Crippen molar-refractivity contribution in [2.24, 2.45) is 0 Å². The van der Waals surface area contributed by atoms with Crippen LogP contribution in [0.3, 0.4) is 0 Å². The fraction of sp³-hybridized carbons (Fsp3) is 0.105. The number of imidazole rings is 1. The Bertz CT molecular complexity index is 1040. The Morgan fingerprint density at radius 2 is 1.93 bits per heavy atom. The van der Waals surface area contributed by atoms with Gasteiger partial charge >= 0.3 is 5.97 Å². The smallest absolute Gasteiger partial charge is 0.357 e. The van der Waals surface area contributed by atoms with E-state index in [1.807, 2.05) is 30.3 Å². The molecular formula is C19H14ClN3O5. The van der Waals surface area contributed by atoms with Crippen molar-refractivity contribution in [2.75, 3.05) is 18.7 Å². The van der Waals surface area contributed by atoms with E-state index in [1.54, 1.807) is 16.7 Å². The molecule has 142 valence electrons. The van der Waals surface area contributed by atoms with Gasteiger partial charge in [-0.2, -0.15) is 0 Å². The summed E-state index contributed by atoms with van der Waals surface area (Å²) in [4.78, 5) is 28.5. The van der Waals surface area contributed by atoms with Crippen LogP contribution in [0.5, 0.6) is 11.5 Å². The normalized spacial score (nSPS) is 11.9. The lowest BCUT2D eigenvalue weighted by molar-refractivity contribution is -0.119. The second-order valence-electron chi connectivity index (χ2n) is 5.79. The number of aromatic nitrogens is 2. The van der Waals surface area contributed by atoms with Crippen molar-refractivity contribution < 1.29 is 23.8 Å². The third kappa shape index (κ3) is 3.63. The van der Waals surface area contributed by atoms with Gasteiger partial charge in [0.1, 0.15) is 0 Å². The first-order chi connectivity index (χ1) is 13.6. The summed E-state index contributed by atoms with van der Waals surface area (Å²) < 4.78 is 17.1. The summed E-state index contributed by atoms with van der Waals surface area (Å²) in [6, 6.07) is 12.3. The molecule has 0 saturated heterocycles. The molecule has 0 saturated carbocycles. The number of carbonyl (C=O) groups is 2. The molecule has 9 heteroatoms. The summed E-state index contributed by atoms with van der Waals surface area (Å²) in [5.74, 6) is -0.236. The molecule has 0 aliphatic carbocycles. The first-order valence-electron chi connectivity index (χ1n) is 8.26. The van der Waals surface area contributed by atoms with Crippen molar-refractivity contribution in [3.05, 3.63) is 65.7 Å². The number of para-hydroxylation sites is 1. The molecule has 4 rings (SSSR count). The van der Waals surface area contributed by atoms with Gasteiger partial charge in [-0.15, -0.1) is 0 Å². The lowest BCUT2D eigenvalue weighted by Crippen LogP contribution is -2.22. The van der Waals surface area contributed by atoms with Gasteiger partial charge in [0.15, 0.2) is 23.8 Å². The van der Waals surface area contributed by atoms with Crippen molar-refractivity contribution in [1.82, 2.24) is 9.55 Å². The molecule has 1 aromatic heterocycles. The van der Waals surface area contributed by atoms with E-state index in [-0.39, 0.29) is 17.5 Å². The monoisotopic (exact) mass is 399 g/mol. The number of benzene rings is 2. The van der Waals surface area contributed by atoms with Crippen LogP contribution in [-0.2, 0) is 9.53 Å². The van der Waals surface area contributed by atoms with E-state index in [0.29, 0.717) is 17.2 Å². The maximum absolute atomic E-state index is 12.4. The Labute approximate surface area is 164 Å². The number of halogens is 1. The predicted octanol–water partition coefficient (Wildman–Crippen LogP) is 3.05. The molecule has 0 radical (unpaired) electrons. The summed E-state index contributed by atoms with van der Waals surface area (Å²) in [6.07, 6.45) is 2.88. The molecule has 3 aromatic rings. The highest BCUT2D eigenvalue weighted by atomic mass is 35.5. The molecule has 2 aromatic carbocycles. The molecule has 2 heterocycles. The number of rotatable bonds is 5. The summed E-state index contributed by atoms with van der Waals surface area (Å²) >= 11 is 6.11. The zero-order chi connectivity index (χ0) is 19.5. The zero-order valence-electron chi connectivity index (χ0n) is 14.4. The summed E-state index contributed by atoms with van der Waals surface area (Å²) in [5, 5.41) is 2.86. The average molecular weight is 400 g/mol. The largest absolute Gasteiger partial charge is 0.454 e. The fourth-order valence-corrected chi connectivity index (χ4v) is 2.85. The number of ether oxygens (including phenoxy) is 3. The number of carbonyl (C=O) groups excluding carboxylic acids is 2. The van der Waals surface area contributed by atoms with E-state index in [2.05, 4.69) is 10.3 Å². The number of esters is 1. The minimum Gasteiger partial charge on any atom is -0.454 e. The molecule has 0 atom stereocenters. The third-order valence-electron chi connectivity index (χ3n) is 3.95. The van der Waals surface area contributed by atoms with Gasteiger partial charge in [0, 0.05) is 17.8 Å².